The summed E-state index contributed by atoms with van der Waals surface area (Å²) in [5, 5.41) is 3.39. The van der Waals surface area contributed by atoms with Crippen molar-refractivity contribution >= 4 is 0 Å². The molecule has 1 N–H and O–H groups in total. The molecule has 2 aliphatic carbocycles. The minimum atomic E-state index is 0.136. The molecular weight excluding hydrogens is 234 g/mol. The molecule has 2 saturated carbocycles. The Labute approximate surface area is 119 Å². The molecule has 0 bridgehead atoms. The average Bonchev–Trinajstić information content (AvgIpc) is 2.59. The zero-order chi connectivity index (χ0) is 13.8. The van der Waals surface area contributed by atoms with Crippen LogP contribution in [0.25, 0.3) is 0 Å². The molecule has 0 atom stereocenters. The van der Waals surface area contributed by atoms with E-state index >= 15 is 0 Å². The lowest BCUT2D eigenvalue weighted by Gasteiger charge is -2.41. The van der Waals surface area contributed by atoms with E-state index in [1.54, 1.807) is 0 Å². The molecule has 0 aromatic carbocycles. The SMILES string of the molecule is CNCC1(OC2CCC(C)(C)CC2)CCCCCC1. The Kier molecular flexibility index (Phi) is 5.30. The topological polar surface area (TPSA) is 21.3 Å². The third-order valence-electron chi connectivity index (χ3n) is 5.22. The molecule has 0 amide bonds. The maximum Gasteiger partial charge on any atom is 0.0809 e. The summed E-state index contributed by atoms with van der Waals surface area (Å²) in [6.07, 6.45) is 13.7. The minimum absolute atomic E-state index is 0.136. The molecule has 112 valence electrons. The van der Waals surface area contributed by atoms with Crippen molar-refractivity contribution in [2.45, 2.75) is 89.8 Å². The molecule has 19 heavy (non-hydrogen) atoms. The van der Waals surface area contributed by atoms with Crippen molar-refractivity contribution in [1.29, 1.82) is 0 Å². The van der Waals surface area contributed by atoms with Crippen LogP contribution in [-0.4, -0.2) is 25.3 Å². The van der Waals surface area contributed by atoms with Gasteiger partial charge in [0.1, 0.15) is 0 Å². The van der Waals surface area contributed by atoms with E-state index in [4.69, 9.17) is 4.74 Å². The molecule has 2 nitrogen and oxygen atoms in total. The molecule has 0 aromatic heterocycles. The first-order valence-corrected chi connectivity index (χ1v) is 8.38. The molecule has 2 heteroatoms. The zero-order valence-electron chi connectivity index (χ0n) is 13.3. The maximum absolute atomic E-state index is 6.67. The highest BCUT2D eigenvalue weighted by molar-refractivity contribution is 4.88. The number of nitrogens with one attached hydrogen (secondary N) is 1. The summed E-state index contributed by atoms with van der Waals surface area (Å²) in [6.45, 7) is 5.84. The van der Waals surface area contributed by atoms with Crippen LogP contribution in [0.15, 0.2) is 0 Å². The van der Waals surface area contributed by atoms with Crippen LogP contribution >= 0.6 is 0 Å². The maximum atomic E-state index is 6.67. The molecule has 0 saturated heterocycles. The Balaban J connectivity index is 1.92. The lowest BCUT2D eigenvalue weighted by Crippen LogP contribution is -2.45. The molecule has 0 aromatic rings. The van der Waals surface area contributed by atoms with Gasteiger partial charge in [-0.2, -0.15) is 0 Å². The van der Waals surface area contributed by atoms with Crippen molar-refractivity contribution in [2.24, 2.45) is 5.41 Å². The van der Waals surface area contributed by atoms with E-state index in [2.05, 4.69) is 26.2 Å². The normalized spacial score (nSPS) is 27.9. The van der Waals surface area contributed by atoms with Gasteiger partial charge in [-0.3, -0.25) is 0 Å². The van der Waals surface area contributed by atoms with Crippen molar-refractivity contribution in [3.63, 3.8) is 0 Å². The van der Waals surface area contributed by atoms with Crippen molar-refractivity contribution in [2.75, 3.05) is 13.6 Å². The zero-order valence-corrected chi connectivity index (χ0v) is 13.3. The Bertz CT molecular complexity index is 256. The first-order valence-electron chi connectivity index (χ1n) is 8.38. The quantitative estimate of drug-likeness (QED) is 0.767. The fraction of sp³-hybridized carbons (Fsp3) is 1.00. The van der Waals surface area contributed by atoms with Gasteiger partial charge in [0.25, 0.3) is 0 Å². The Morgan fingerprint density at radius 3 is 2.05 bits per heavy atom. The van der Waals surface area contributed by atoms with Crippen molar-refractivity contribution in [1.82, 2.24) is 5.32 Å². The lowest BCUT2D eigenvalue weighted by atomic mass is 9.76. The van der Waals surface area contributed by atoms with Gasteiger partial charge in [-0.15, -0.1) is 0 Å². The molecule has 0 heterocycles. The van der Waals surface area contributed by atoms with Crippen molar-refractivity contribution in [3.05, 3.63) is 0 Å². The summed E-state index contributed by atoms with van der Waals surface area (Å²) in [7, 11) is 2.07. The summed E-state index contributed by atoms with van der Waals surface area (Å²) < 4.78 is 6.67. The summed E-state index contributed by atoms with van der Waals surface area (Å²) in [6, 6.07) is 0. The van der Waals surface area contributed by atoms with E-state index in [9.17, 15) is 0 Å². The fourth-order valence-electron chi connectivity index (χ4n) is 3.88. The third-order valence-corrected chi connectivity index (χ3v) is 5.22. The highest BCUT2D eigenvalue weighted by atomic mass is 16.5. The van der Waals surface area contributed by atoms with E-state index in [1.807, 2.05) is 0 Å². The second kappa shape index (κ2) is 6.58. The molecule has 0 aliphatic heterocycles. The Morgan fingerprint density at radius 1 is 0.947 bits per heavy atom. The van der Waals surface area contributed by atoms with Crippen LogP contribution in [0.1, 0.15) is 78.1 Å². The third kappa shape index (κ3) is 4.46. The predicted octanol–water partition coefficient (Wildman–Crippen LogP) is 4.28. The smallest absolute Gasteiger partial charge is 0.0809 e. The van der Waals surface area contributed by atoms with E-state index in [0.717, 1.165) is 6.54 Å². The van der Waals surface area contributed by atoms with E-state index < -0.39 is 0 Å². The van der Waals surface area contributed by atoms with Crippen LogP contribution in [0.5, 0.6) is 0 Å². The predicted molar refractivity (Wildman–Crippen MR) is 81.5 cm³/mol. The molecule has 0 unspecified atom stereocenters. The molecular formula is C17H33NO. The van der Waals surface area contributed by atoms with Gasteiger partial charge in [-0.25, -0.2) is 0 Å². The number of rotatable bonds is 4. The number of hydrogen-bond acceptors (Lipinski definition) is 2. The Hall–Kier alpha value is -0.0800. The van der Waals surface area contributed by atoms with Gasteiger partial charge in [0.2, 0.25) is 0 Å². The van der Waals surface area contributed by atoms with Gasteiger partial charge in [0, 0.05) is 6.54 Å². The summed E-state index contributed by atoms with van der Waals surface area (Å²) in [4.78, 5) is 0. The van der Waals surface area contributed by atoms with Gasteiger partial charge in [-0.05, 0) is 51.0 Å². The molecule has 2 rings (SSSR count). The standard InChI is InChI=1S/C17H33NO/c1-16(2)12-8-15(9-13-16)19-17(14-18-3)10-6-4-5-7-11-17/h15,18H,4-14H2,1-3H3. The first-order chi connectivity index (χ1) is 9.05. The highest BCUT2D eigenvalue weighted by Gasteiger charge is 2.36. The lowest BCUT2D eigenvalue weighted by molar-refractivity contribution is -0.119. The molecule has 0 spiro atoms. The number of ether oxygens (including phenoxy) is 1. The minimum Gasteiger partial charge on any atom is -0.370 e. The average molecular weight is 267 g/mol. The number of likely N-dealkylation sites (N-methyl/N-ethyl adjacent to an activating group) is 1. The van der Waals surface area contributed by atoms with Crippen molar-refractivity contribution in [3.8, 4) is 0 Å². The van der Waals surface area contributed by atoms with E-state index in [-0.39, 0.29) is 5.60 Å². The Morgan fingerprint density at radius 2 is 1.53 bits per heavy atom. The van der Waals surface area contributed by atoms with Crippen LogP contribution in [-0.2, 0) is 4.74 Å². The van der Waals surface area contributed by atoms with Crippen LogP contribution in [0.4, 0.5) is 0 Å². The van der Waals surface area contributed by atoms with E-state index in [0.29, 0.717) is 11.5 Å². The van der Waals surface area contributed by atoms with Crippen LogP contribution < -0.4 is 5.32 Å². The number of hydrogen-bond donors (Lipinski definition) is 1. The summed E-state index contributed by atoms with van der Waals surface area (Å²) in [5.41, 5.74) is 0.677. The van der Waals surface area contributed by atoms with Gasteiger partial charge in [-0.1, -0.05) is 39.5 Å². The molecule has 2 aliphatic rings. The van der Waals surface area contributed by atoms with Gasteiger partial charge in [0.15, 0.2) is 0 Å². The second-order valence-corrected chi connectivity index (χ2v) is 7.61. The van der Waals surface area contributed by atoms with Crippen LogP contribution in [0.3, 0.4) is 0 Å². The van der Waals surface area contributed by atoms with E-state index in [1.165, 1.54) is 64.2 Å². The fourth-order valence-corrected chi connectivity index (χ4v) is 3.88. The van der Waals surface area contributed by atoms with Crippen LogP contribution in [0.2, 0.25) is 0 Å². The largest absolute Gasteiger partial charge is 0.370 e. The monoisotopic (exact) mass is 267 g/mol. The molecule has 0 radical (unpaired) electrons. The molecule has 2 fully saturated rings. The first kappa shape index (κ1) is 15.3. The van der Waals surface area contributed by atoms with Gasteiger partial charge < -0.3 is 10.1 Å². The second-order valence-electron chi connectivity index (χ2n) is 7.61. The summed E-state index contributed by atoms with van der Waals surface area (Å²) >= 11 is 0. The van der Waals surface area contributed by atoms with Gasteiger partial charge in [0.05, 0.1) is 11.7 Å². The van der Waals surface area contributed by atoms with Gasteiger partial charge >= 0.3 is 0 Å². The highest BCUT2D eigenvalue weighted by Crippen LogP contribution is 2.39. The summed E-state index contributed by atoms with van der Waals surface area (Å²) in [5.74, 6) is 0. The van der Waals surface area contributed by atoms with Crippen LogP contribution in [0, 0.1) is 5.41 Å². The van der Waals surface area contributed by atoms with Crippen molar-refractivity contribution < 1.29 is 4.74 Å².